The third-order valence-corrected chi connectivity index (χ3v) is 7.46. The third-order valence-electron chi connectivity index (χ3n) is 2.97. The van der Waals surface area contributed by atoms with Crippen LogP contribution in [0.2, 0.25) is 10.0 Å². The molecule has 2 rings (SSSR count). The van der Waals surface area contributed by atoms with Crippen molar-refractivity contribution >= 4 is 52.8 Å². The summed E-state index contributed by atoms with van der Waals surface area (Å²) in [5.74, 6) is 0.958. The maximum Gasteiger partial charge on any atom is 0.440 e. The average molecular weight is 433 g/mol. The Labute approximate surface area is 167 Å². The summed E-state index contributed by atoms with van der Waals surface area (Å²) in [6.07, 6.45) is 0.864. The number of hydrogen-bond acceptors (Lipinski definition) is 6. The van der Waals surface area contributed by atoms with Gasteiger partial charge in [-0.25, -0.2) is 4.57 Å². The Morgan fingerprint density at radius 3 is 2.31 bits per heavy atom. The Morgan fingerprint density at radius 1 is 1.04 bits per heavy atom. The number of benzene rings is 2. The number of nitrogens with zero attached hydrogens (tertiary/aromatic N) is 2. The third kappa shape index (κ3) is 6.60. The molecule has 0 aliphatic heterocycles. The maximum absolute atomic E-state index is 12.7. The SMILES string of the molecule is CCCSP(=O)(OCC)Oc1ccc(N=Nc2ccc(Cl)cc2)cc1Cl. The lowest BCUT2D eigenvalue weighted by atomic mass is 10.3. The van der Waals surface area contributed by atoms with Crippen LogP contribution in [0.3, 0.4) is 0 Å². The molecule has 5 nitrogen and oxygen atoms in total. The highest BCUT2D eigenvalue weighted by Crippen LogP contribution is 2.61. The van der Waals surface area contributed by atoms with Gasteiger partial charge in [-0.2, -0.15) is 10.2 Å². The zero-order valence-corrected chi connectivity index (χ0v) is 17.6. The van der Waals surface area contributed by atoms with Gasteiger partial charge in [0.1, 0.15) is 5.75 Å². The summed E-state index contributed by atoms with van der Waals surface area (Å²) in [6, 6.07) is 11.9. The van der Waals surface area contributed by atoms with E-state index in [0.717, 1.165) is 17.8 Å². The van der Waals surface area contributed by atoms with E-state index in [4.69, 9.17) is 32.2 Å². The second-order valence-electron chi connectivity index (χ2n) is 5.08. The van der Waals surface area contributed by atoms with Crippen LogP contribution in [0.4, 0.5) is 11.4 Å². The molecule has 2 aromatic carbocycles. The van der Waals surface area contributed by atoms with Gasteiger partial charge in [-0.15, -0.1) is 0 Å². The van der Waals surface area contributed by atoms with Crippen LogP contribution in [-0.4, -0.2) is 12.4 Å². The molecule has 0 aromatic heterocycles. The molecule has 2 aromatic rings. The lowest BCUT2D eigenvalue weighted by molar-refractivity contribution is 0.296. The van der Waals surface area contributed by atoms with Gasteiger partial charge in [0.2, 0.25) is 0 Å². The van der Waals surface area contributed by atoms with Crippen molar-refractivity contribution in [3.05, 3.63) is 52.5 Å². The van der Waals surface area contributed by atoms with E-state index in [1.165, 1.54) is 0 Å². The van der Waals surface area contributed by atoms with E-state index in [9.17, 15) is 4.57 Å². The summed E-state index contributed by atoms with van der Waals surface area (Å²) >= 11 is 13.2. The average Bonchev–Trinajstić information content (AvgIpc) is 2.62. The minimum Gasteiger partial charge on any atom is -0.415 e. The van der Waals surface area contributed by atoms with Crippen LogP contribution in [-0.2, 0) is 9.09 Å². The molecule has 1 unspecified atom stereocenters. The van der Waals surface area contributed by atoms with Crippen molar-refractivity contribution in [3.63, 3.8) is 0 Å². The Bertz CT molecular complexity index is 803. The van der Waals surface area contributed by atoms with Crippen LogP contribution in [0, 0.1) is 0 Å². The molecule has 0 saturated heterocycles. The zero-order chi connectivity index (χ0) is 19.0. The van der Waals surface area contributed by atoms with E-state index in [0.29, 0.717) is 28.8 Å². The fraction of sp³-hybridized carbons (Fsp3) is 0.294. The van der Waals surface area contributed by atoms with Crippen LogP contribution in [0.15, 0.2) is 52.7 Å². The van der Waals surface area contributed by atoms with Gasteiger partial charge >= 0.3 is 6.80 Å². The number of rotatable bonds is 9. The first-order valence-electron chi connectivity index (χ1n) is 8.01. The minimum atomic E-state index is -3.30. The lowest BCUT2D eigenvalue weighted by Gasteiger charge is -2.18. The minimum absolute atomic E-state index is 0.287. The molecule has 9 heteroatoms. The molecule has 26 heavy (non-hydrogen) atoms. The van der Waals surface area contributed by atoms with Crippen LogP contribution >= 0.6 is 41.4 Å². The van der Waals surface area contributed by atoms with E-state index in [2.05, 4.69) is 10.2 Å². The van der Waals surface area contributed by atoms with Gasteiger partial charge < -0.3 is 4.52 Å². The van der Waals surface area contributed by atoms with Gasteiger partial charge in [0.05, 0.1) is 23.0 Å². The molecular formula is C17H19Cl2N2O3PS. The van der Waals surface area contributed by atoms with Crippen molar-refractivity contribution in [2.24, 2.45) is 10.2 Å². The summed E-state index contributed by atoms with van der Waals surface area (Å²) in [4.78, 5) is 0. The lowest BCUT2D eigenvalue weighted by Crippen LogP contribution is -1.96. The Kier molecular flexibility index (Phi) is 8.45. The molecule has 140 valence electrons. The Balaban J connectivity index is 2.12. The van der Waals surface area contributed by atoms with Crippen LogP contribution in [0.1, 0.15) is 20.3 Å². The quantitative estimate of drug-likeness (QED) is 0.296. The molecule has 0 fully saturated rings. The summed E-state index contributed by atoms with van der Waals surface area (Å²) in [5.41, 5.74) is 1.22. The highest BCUT2D eigenvalue weighted by molar-refractivity contribution is 8.55. The second kappa shape index (κ2) is 10.3. The standard InChI is InChI=1S/C17H19Cl2N2O3PS/c1-3-11-26-25(22,23-4-2)24-17-10-9-15(12-16(17)19)21-20-14-7-5-13(18)6-8-14/h5-10,12H,3-4,11H2,1-2H3. The fourth-order valence-corrected chi connectivity index (χ4v) is 5.67. The molecule has 0 radical (unpaired) electrons. The number of halogens is 2. The molecular weight excluding hydrogens is 414 g/mol. The van der Waals surface area contributed by atoms with Crippen LogP contribution in [0.5, 0.6) is 5.75 Å². The van der Waals surface area contributed by atoms with Gasteiger partial charge in [0, 0.05) is 10.8 Å². The Morgan fingerprint density at radius 2 is 1.69 bits per heavy atom. The molecule has 0 heterocycles. The topological polar surface area (TPSA) is 60.2 Å². The summed E-state index contributed by atoms with van der Waals surface area (Å²) in [7, 11) is 0. The first-order valence-corrected chi connectivity index (χ1v) is 11.9. The van der Waals surface area contributed by atoms with Gasteiger partial charge in [0.15, 0.2) is 0 Å². The van der Waals surface area contributed by atoms with E-state index in [1.54, 1.807) is 49.4 Å². The zero-order valence-electron chi connectivity index (χ0n) is 14.4. The summed E-state index contributed by atoms with van der Waals surface area (Å²) in [6.45, 7) is 0.754. The van der Waals surface area contributed by atoms with Crippen molar-refractivity contribution in [1.29, 1.82) is 0 Å². The molecule has 0 aliphatic carbocycles. The van der Waals surface area contributed by atoms with Crippen LogP contribution in [0.25, 0.3) is 0 Å². The highest BCUT2D eigenvalue weighted by Gasteiger charge is 2.27. The normalized spacial score (nSPS) is 13.7. The van der Waals surface area contributed by atoms with Crippen molar-refractivity contribution in [3.8, 4) is 5.75 Å². The predicted molar refractivity (Wildman–Crippen MR) is 110 cm³/mol. The van der Waals surface area contributed by atoms with Crippen molar-refractivity contribution in [1.82, 2.24) is 0 Å². The molecule has 1 atom stereocenters. The van der Waals surface area contributed by atoms with E-state index in [-0.39, 0.29) is 10.8 Å². The van der Waals surface area contributed by atoms with E-state index < -0.39 is 6.80 Å². The first kappa shape index (κ1) is 21.3. The van der Waals surface area contributed by atoms with Crippen molar-refractivity contribution < 1.29 is 13.6 Å². The fourth-order valence-electron chi connectivity index (χ4n) is 1.82. The van der Waals surface area contributed by atoms with Gasteiger partial charge in [-0.05, 0) is 67.2 Å². The smallest absolute Gasteiger partial charge is 0.415 e. The van der Waals surface area contributed by atoms with Gasteiger partial charge in [0.25, 0.3) is 0 Å². The van der Waals surface area contributed by atoms with Gasteiger partial charge in [-0.3, -0.25) is 4.52 Å². The Hall–Kier alpha value is -1.04. The summed E-state index contributed by atoms with van der Waals surface area (Å²) in [5, 5.41) is 9.16. The molecule has 0 saturated carbocycles. The highest BCUT2D eigenvalue weighted by atomic mass is 35.5. The van der Waals surface area contributed by atoms with Gasteiger partial charge in [-0.1, -0.05) is 30.1 Å². The van der Waals surface area contributed by atoms with E-state index in [1.807, 2.05) is 6.92 Å². The molecule has 0 aliphatic rings. The maximum atomic E-state index is 12.7. The van der Waals surface area contributed by atoms with Crippen molar-refractivity contribution in [2.45, 2.75) is 20.3 Å². The largest absolute Gasteiger partial charge is 0.440 e. The molecule has 0 bridgehead atoms. The molecule has 0 spiro atoms. The summed E-state index contributed by atoms with van der Waals surface area (Å²) < 4.78 is 23.6. The predicted octanol–water partition coefficient (Wildman–Crippen LogP) is 8.08. The number of hydrogen-bond donors (Lipinski definition) is 0. The van der Waals surface area contributed by atoms with E-state index >= 15 is 0 Å². The second-order valence-corrected chi connectivity index (χ2v) is 10.0. The number of azo groups is 1. The first-order chi connectivity index (χ1) is 12.5. The molecule has 0 N–H and O–H groups in total. The molecule has 0 amide bonds. The monoisotopic (exact) mass is 432 g/mol. The van der Waals surface area contributed by atoms with Crippen LogP contribution < -0.4 is 4.52 Å². The van der Waals surface area contributed by atoms with Crippen molar-refractivity contribution in [2.75, 3.05) is 12.4 Å².